The molecule has 0 bridgehead atoms. The first-order valence-electron chi connectivity index (χ1n) is 41.8. The maximum Gasteiger partial charge on any atom is 0.0934 e. The summed E-state index contributed by atoms with van der Waals surface area (Å²) in [5.74, 6) is 13.5. The van der Waals surface area contributed by atoms with E-state index in [0.29, 0.717) is 6.61 Å². The molecule has 6 rings (SSSR count). The molecule has 6 fully saturated rings. The summed E-state index contributed by atoms with van der Waals surface area (Å²) in [7, 11) is 8.55. The first-order chi connectivity index (χ1) is 46.2. The van der Waals surface area contributed by atoms with Gasteiger partial charge in [-0.2, -0.15) is 0 Å². The molecule has 0 aliphatic heterocycles. The van der Waals surface area contributed by atoms with Crippen LogP contribution in [0.25, 0.3) is 0 Å². The third-order valence-electron chi connectivity index (χ3n) is 22.7. The lowest BCUT2D eigenvalue weighted by Gasteiger charge is -2.21. The summed E-state index contributed by atoms with van der Waals surface area (Å²) in [6, 6.07) is 0. The normalized spacial score (nSPS) is 26.0. The van der Waals surface area contributed by atoms with Crippen LogP contribution >= 0.6 is 0 Å². The Balaban J connectivity index is 0.000000345. The largest absolute Gasteiger partial charge is 0.379 e. The zero-order valence-corrected chi connectivity index (χ0v) is 63.7. The van der Waals surface area contributed by atoms with Crippen molar-refractivity contribution in [1.29, 1.82) is 0 Å². The van der Waals surface area contributed by atoms with Crippen LogP contribution in [0.15, 0.2) is 72.9 Å². The Morgan fingerprint density at radius 3 is 0.883 bits per heavy atom. The Morgan fingerprint density at radius 1 is 0.287 bits per heavy atom. The van der Waals surface area contributed by atoms with Gasteiger partial charge in [-0.1, -0.05) is 242 Å². The van der Waals surface area contributed by atoms with Gasteiger partial charge in [0.1, 0.15) is 0 Å². The molecule has 14 unspecified atom stereocenters. The SMILES string of the molecule is CC/C=C\C/C=C\C/C=C\CCCCCCCCOCC(CN(C)C)OCCCCCCCC/C=C\C/C=C\C/C=C\CC.CCC1CC1CC1CC1CC1CC1CCCCCCCCOCC(CN(C)C)OCCCCCCCCC1CC1CC1CC1CC1CC1CC. The summed E-state index contributed by atoms with van der Waals surface area (Å²) >= 11 is 0. The van der Waals surface area contributed by atoms with E-state index in [0.717, 1.165) is 169 Å². The van der Waals surface area contributed by atoms with Crippen LogP contribution in [0.1, 0.15) is 323 Å². The third kappa shape index (κ3) is 45.1. The number of unbranched alkanes of at least 4 members (excludes halogenated alkanes) is 22. The van der Waals surface area contributed by atoms with E-state index in [1.54, 1.807) is 64.2 Å². The zero-order chi connectivity index (χ0) is 66.7. The molecule has 0 amide bonds. The van der Waals surface area contributed by atoms with Crippen molar-refractivity contribution in [1.82, 2.24) is 9.80 Å². The van der Waals surface area contributed by atoms with Gasteiger partial charge in [0, 0.05) is 39.5 Å². The van der Waals surface area contributed by atoms with E-state index < -0.39 is 0 Å². The second kappa shape index (κ2) is 55.0. The Morgan fingerprint density at radius 2 is 0.553 bits per heavy atom. The molecule has 6 nitrogen and oxygen atoms in total. The third-order valence-corrected chi connectivity index (χ3v) is 22.7. The molecule has 0 N–H and O–H groups in total. The fraction of sp³-hybridized carbons (Fsp3) is 0.864. The van der Waals surface area contributed by atoms with Gasteiger partial charge >= 0.3 is 0 Å². The highest BCUT2D eigenvalue weighted by Crippen LogP contribution is 2.59. The molecule has 6 aliphatic carbocycles. The summed E-state index contributed by atoms with van der Waals surface area (Å²) in [5.41, 5.74) is 0. The number of hydrogen-bond acceptors (Lipinski definition) is 6. The van der Waals surface area contributed by atoms with Crippen molar-refractivity contribution in [2.24, 2.45) is 71.0 Å². The maximum atomic E-state index is 6.30. The van der Waals surface area contributed by atoms with Gasteiger partial charge in [0.25, 0.3) is 0 Å². The zero-order valence-electron chi connectivity index (χ0n) is 63.7. The second-order valence-electron chi connectivity index (χ2n) is 32.2. The van der Waals surface area contributed by atoms with Crippen LogP contribution in [0.2, 0.25) is 0 Å². The summed E-state index contributed by atoms with van der Waals surface area (Å²) < 4.78 is 24.6. The maximum absolute atomic E-state index is 6.30. The minimum absolute atomic E-state index is 0.181. The monoisotopic (exact) mass is 1310 g/mol. The number of rotatable bonds is 66. The van der Waals surface area contributed by atoms with Crippen molar-refractivity contribution in [2.45, 2.75) is 335 Å². The minimum atomic E-state index is 0.181. The standard InChI is InChI=1S/C47H85NO2.C41H73NO2/c1-5-35-23-39(35)27-43-31-45(43)29-41-25-37(41)19-15-11-7-9-13-17-21-49-34-47(33-48(3)4)50-22-18-14-10-8-12-16-20-38-26-42(38)30-46-32-44(46)28-40-24-36(40)6-2;1-5-7-9-11-13-15-17-19-21-23-25-27-29-31-33-35-37-43-40-41(39-42(3)4)44-38-36-34-32-30-28-26-24-22-20-18-16-14-12-10-8-6-2/h35-47H,5-34H2,1-4H3;7-10,13-16,19-22,41H,5-6,11-12,17-18,23-40H2,1-4H3/b;9-7-,10-8-,15-13-,16-14-,21-19-,22-20-. The summed E-state index contributed by atoms with van der Waals surface area (Å²) in [5, 5.41) is 0. The van der Waals surface area contributed by atoms with Gasteiger partial charge < -0.3 is 28.7 Å². The lowest BCUT2D eigenvalue weighted by atomic mass is 10.0. The Labute approximate surface area is 585 Å². The number of likely N-dealkylation sites (N-methyl/N-ethyl adjacent to an activating group) is 2. The van der Waals surface area contributed by atoms with Gasteiger partial charge in [-0.05, 0) is 253 Å². The molecular formula is C88H158N2O4. The number of allylic oxidation sites excluding steroid dienone is 12. The smallest absolute Gasteiger partial charge is 0.0934 e. The first-order valence-corrected chi connectivity index (χ1v) is 41.8. The average molecular weight is 1310 g/mol. The molecule has 6 saturated carbocycles. The van der Waals surface area contributed by atoms with Gasteiger partial charge in [0.2, 0.25) is 0 Å². The summed E-state index contributed by atoms with van der Waals surface area (Å²) in [6.45, 7) is 16.0. The molecule has 0 saturated heterocycles. The molecule has 0 spiro atoms. The van der Waals surface area contributed by atoms with Crippen molar-refractivity contribution in [3.05, 3.63) is 72.9 Å². The number of nitrogens with zero attached hydrogens (tertiary/aromatic N) is 2. The van der Waals surface area contributed by atoms with E-state index in [1.165, 1.54) is 180 Å². The Bertz CT molecular complexity index is 1940. The van der Waals surface area contributed by atoms with Crippen molar-refractivity contribution >= 4 is 0 Å². The van der Waals surface area contributed by atoms with E-state index in [-0.39, 0.29) is 12.2 Å². The fourth-order valence-electron chi connectivity index (χ4n) is 15.9. The van der Waals surface area contributed by atoms with E-state index in [9.17, 15) is 0 Å². The topological polar surface area (TPSA) is 43.4 Å². The van der Waals surface area contributed by atoms with Crippen molar-refractivity contribution in [3.8, 4) is 0 Å². The van der Waals surface area contributed by atoms with Crippen molar-refractivity contribution in [2.75, 3.05) is 80.9 Å². The van der Waals surface area contributed by atoms with Crippen LogP contribution in [0, 0.1) is 71.0 Å². The second-order valence-corrected chi connectivity index (χ2v) is 32.2. The first kappa shape index (κ1) is 82.9. The quantitative estimate of drug-likeness (QED) is 0.0447. The molecule has 0 aromatic heterocycles. The van der Waals surface area contributed by atoms with E-state index >= 15 is 0 Å². The minimum Gasteiger partial charge on any atom is -0.379 e. The summed E-state index contributed by atoms with van der Waals surface area (Å²) in [4.78, 5) is 4.46. The highest BCUT2D eigenvalue weighted by molar-refractivity contribution is 5.01. The van der Waals surface area contributed by atoms with Gasteiger partial charge in [-0.25, -0.2) is 0 Å². The van der Waals surface area contributed by atoms with Gasteiger partial charge in [-0.3, -0.25) is 0 Å². The lowest BCUT2D eigenvalue weighted by molar-refractivity contribution is -0.0288. The predicted octanol–water partition coefficient (Wildman–Crippen LogP) is 24.7. The molecule has 0 heterocycles. The highest BCUT2D eigenvalue weighted by atomic mass is 16.5. The van der Waals surface area contributed by atoms with E-state index in [4.69, 9.17) is 18.9 Å². The Hall–Kier alpha value is -1.80. The van der Waals surface area contributed by atoms with Crippen LogP contribution < -0.4 is 0 Å². The Kier molecular flexibility index (Phi) is 48.4. The van der Waals surface area contributed by atoms with Crippen molar-refractivity contribution < 1.29 is 18.9 Å². The van der Waals surface area contributed by atoms with Crippen LogP contribution in [0.4, 0.5) is 0 Å². The average Bonchev–Trinajstić information content (AvgIpc) is 1.65. The molecule has 544 valence electrons. The van der Waals surface area contributed by atoms with Crippen LogP contribution in [0.5, 0.6) is 0 Å². The number of ether oxygens (including phenoxy) is 4. The van der Waals surface area contributed by atoms with Gasteiger partial charge in [0.15, 0.2) is 0 Å². The fourth-order valence-corrected chi connectivity index (χ4v) is 15.9. The van der Waals surface area contributed by atoms with Gasteiger partial charge in [0.05, 0.1) is 25.4 Å². The number of hydrogen-bond donors (Lipinski definition) is 0. The molecule has 6 aliphatic rings. The molecule has 94 heavy (non-hydrogen) atoms. The van der Waals surface area contributed by atoms with Crippen LogP contribution in [0.3, 0.4) is 0 Å². The van der Waals surface area contributed by atoms with Gasteiger partial charge in [-0.15, -0.1) is 0 Å². The van der Waals surface area contributed by atoms with Crippen LogP contribution in [-0.2, 0) is 18.9 Å². The van der Waals surface area contributed by atoms with Crippen LogP contribution in [-0.4, -0.2) is 103 Å². The molecular weight excluding hydrogens is 1150 g/mol. The molecule has 14 atom stereocenters. The highest BCUT2D eigenvalue weighted by Gasteiger charge is 2.49. The molecule has 0 aromatic carbocycles. The van der Waals surface area contributed by atoms with E-state index in [2.05, 4.69) is 139 Å². The predicted molar refractivity (Wildman–Crippen MR) is 410 cm³/mol. The lowest BCUT2D eigenvalue weighted by Crippen LogP contribution is -2.32. The van der Waals surface area contributed by atoms with Crippen molar-refractivity contribution in [3.63, 3.8) is 0 Å². The molecule has 6 heteroatoms. The van der Waals surface area contributed by atoms with E-state index in [1.807, 2.05) is 0 Å². The molecule has 0 aromatic rings. The molecule has 0 radical (unpaired) electrons. The summed E-state index contributed by atoms with van der Waals surface area (Å²) in [6.07, 6.45) is 90.5.